The number of amides is 1. The number of hydrogen-bond acceptors (Lipinski definition) is 3. The summed E-state index contributed by atoms with van der Waals surface area (Å²) in [5.41, 5.74) is 3.70. The van der Waals surface area contributed by atoms with E-state index in [4.69, 9.17) is 0 Å². The first kappa shape index (κ1) is 16.7. The van der Waals surface area contributed by atoms with Crippen LogP contribution in [0.15, 0.2) is 42.5 Å². The number of rotatable bonds is 6. The second kappa shape index (κ2) is 7.54. The molecule has 0 saturated carbocycles. The minimum absolute atomic E-state index is 0.0226. The first-order valence-corrected chi connectivity index (χ1v) is 7.56. The van der Waals surface area contributed by atoms with Crippen molar-refractivity contribution in [2.24, 2.45) is 0 Å². The fraction of sp³-hybridized carbons (Fsp3) is 0.278. The van der Waals surface area contributed by atoms with Crippen molar-refractivity contribution in [1.82, 2.24) is 0 Å². The van der Waals surface area contributed by atoms with Gasteiger partial charge in [0.25, 0.3) is 5.69 Å². The zero-order chi connectivity index (χ0) is 16.8. The van der Waals surface area contributed by atoms with E-state index < -0.39 is 4.92 Å². The van der Waals surface area contributed by atoms with Gasteiger partial charge in [-0.3, -0.25) is 14.9 Å². The second-order valence-electron chi connectivity index (χ2n) is 5.64. The Balaban J connectivity index is 1.88. The number of nitro groups is 1. The number of nitro benzene ring substituents is 1. The van der Waals surface area contributed by atoms with Crippen LogP contribution < -0.4 is 5.32 Å². The normalized spacial score (nSPS) is 10.3. The molecule has 0 saturated heterocycles. The smallest absolute Gasteiger partial charge is 0.271 e. The molecule has 1 amide bonds. The molecule has 5 nitrogen and oxygen atoms in total. The summed E-state index contributed by atoms with van der Waals surface area (Å²) in [6.07, 6.45) is 1.96. The number of aryl methyl sites for hydroxylation is 3. The van der Waals surface area contributed by atoms with Crippen molar-refractivity contribution in [3.05, 3.63) is 69.3 Å². The van der Waals surface area contributed by atoms with E-state index in [1.165, 1.54) is 23.3 Å². The molecular formula is C18H20N2O3. The molecule has 0 radical (unpaired) electrons. The lowest BCUT2D eigenvalue weighted by Gasteiger charge is -2.08. The summed E-state index contributed by atoms with van der Waals surface area (Å²) in [5.74, 6) is -0.124. The van der Waals surface area contributed by atoms with Gasteiger partial charge in [0.1, 0.15) is 0 Å². The molecule has 0 spiro atoms. The highest BCUT2D eigenvalue weighted by atomic mass is 16.6. The highest BCUT2D eigenvalue weighted by Gasteiger charge is 2.11. The van der Waals surface area contributed by atoms with Gasteiger partial charge in [-0.1, -0.05) is 35.9 Å². The molecule has 5 heteroatoms. The highest BCUT2D eigenvalue weighted by Crippen LogP contribution is 2.22. The average molecular weight is 312 g/mol. The molecule has 0 atom stereocenters. The van der Waals surface area contributed by atoms with Crippen LogP contribution >= 0.6 is 0 Å². The van der Waals surface area contributed by atoms with E-state index in [0.29, 0.717) is 12.1 Å². The van der Waals surface area contributed by atoms with Gasteiger partial charge in [-0.2, -0.15) is 0 Å². The standard InChI is InChI=1S/C18H20N2O3/c1-13-6-9-15(10-7-13)4-3-5-18(21)19-17-12-16(20(22)23)11-8-14(17)2/h6-12H,3-5H2,1-2H3,(H,19,21). The number of nitrogens with zero attached hydrogens (tertiary/aromatic N) is 1. The third kappa shape index (κ3) is 4.92. The van der Waals surface area contributed by atoms with Crippen LogP contribution in [0.1, 0.15) is 29.5 Å². The van der Waals surface area contributed by atoms with Gasteiger partial charge in [0.15, 0.2) is 0 Å². The van der Waals surface area contributed by atoms with Gasteiger partial charge < -0.3 is 5.32 Å². The van der Waals surface area contributed by atoms with Crippen LogP contribution in [0, 0.1) is 24.0 Å². The molecule has 0 bridgehead atoms. The Kier molecular flexibility index (Phi) is 5.46. The topological polar surface area (TPSA) is 72.2 Å². The summed E-state index contributed by atoms with van der Waals surface area (Å²) in [5, 5.41) is 13.6. The molecule has 0 heterocycles. The zero-order valence-corrected chi connectivity index (χ0v) is 13.3. The third-order valence-electron chi connectivity index (χ3n) is 3.70. The summed E-state index contributed by atoms with van der Waals surface area (Å²) < 4.78 is 0. The molecule has 23 heavy (non-hydrogen) atoms. The Hall–Kier alpha value is -2.69. The number of carbonyl (C=O) groups is 1. The van der Waals surface area contributed by atoms with Gasteiger partial charge in [-0.15, -0.1) is 0 Å². The maximum absolute atomic E-state index is 12.0. The maximum atomic E-state index is 12.0. The van der Waals surface area contributed by atoms with E-state index in [0.717, 1.165) is 18.4 Å². The quantitative estimate of drug-likeness (QED) is 0.642. The van der Waals surface area contributed by atoms with Crippen molar-refractivity contribution in [2.75, 3.05) is 5.32 Å². The molecule has 120 valence electrons. The predicted molar refractivity (Wildman–Crippen MR) is 90.6 cm³/mol. The molecule has 2 rings (SSSR count). The number of nitrogens with one attached hydrogen (secondary N) is 1. The molecule has 0 fully saturated rings. The van der Waals surface area contributed by atoms with Crippen molar-refractivity contribution in [3.63, 3.8) is 0 Å². The molecule has 0 aromatic heterocycles. The molecule has 0 aliphatic rings. The van der Waals surface area contributed by atoms with Crippen molar-refractivity contribution in [2.45, 2.75) is 33.1 Å². The first-order chi connectivity index (χ1) is 11.0. The summed E-state index contributed by atoms with van der Waals surface area (Å²) in [6, 6.07) is 12.7. The summed E-state index contributed by atoms with van der Waals surface area (Å²) >= 11 is 0. The fourth-order valence-corrected chi connectivity index (χ4v) is 2.28. The first-order valence-electron chi connectivity index (χ1n) is 7.56. The molecular weight excluding hydrogens is 292 g/mol. The van der Waals surface area contributed by atoms with E-state index in [9.17, 15) is 14.9 Å². The Bertz CT molecular complexity index is 709. The van der Waals surface area contributed by atoms with Crippen LogP contribution in [0.25, 0.3) is 0 Å². The number of carbonyl (C=O) groups excluding carboxylic acids is 1. The minimum atomic E-state index is -0.466. The van der Waals surface area contributed by atoms with Gasteiger partial charge in [0, 0.05) is 18.6 Å². The zero-order valence-electron chi connectivity index (χ0n) is 13.3. The Morgan fingerprint density at radius 3 is 2.48 bits per heavy atom. The summed E-state index contributed by atoms with van der Waals surface area (Å²) in [6.45, 7) is 3.85. The van der Waals surface area contributed by atoms with Crippen LogP contribution in [0.5, 0.6) is 0 Å². The van der Waals surface area contributed by atoms with Crippen molar-refractivity contribution in [3.8, 4) is 0 Å². The van der Waals surface area contributed by atoms with Gasteiger partial charge in [-0.25, -0.2) is 0 Å². The molecule has 0 unspecified atom stereocenters. The van der Waals surface area contributed by atoms with Crippen LogP contribution in [0.4, 0.5) is 11.4 Å². The van der Waals surface area contributed by atoms with E-state index >= 15 is 0 Å². The van der Waals surface area contributed by atoms with Gasteiger partial charge in [0.2, 0.25) is 5.91 Å². The largest absolute Gasteiger partial charge is 0.326 e. The Labute approximate surface area is 135 Å². The summed E-state index contributed by atoms with van der Waals surface area (Å²) in [4.78, 5) is 22.3. The minimum Gasteiger partial charge on any atom is -0.326 e. The monoisotopic (exact) mass is 312 g/mol. The van der Waals surface area contributed by atoms with Crippen molar-refractivity contribution in [1.29, 1.82) is 0 Å². The number of benzene rings is 2. The maximum Gasteiger partial charge on any atom is 0.271 e. The molecule has 1 N–H and O–H groups in total. The van der Waals surface area contributed by atoms with Gasteiger partial charge in [0.05, 0.1) is 10.6 Å². The van der Waals surface area contributed by atoms with E-state index in [1.807, 2.05) is 13.8 Å². The third-order valence-corrected chi connectivity index (χ3v) is 3.70. The number of hydrogen-bond donors (Lipinski definition) is 1. The summed E-state index contributed by atoms with van der Waals surface area (Å²) in [7, 11) is 0. The van der Waals surface area contributed by atoms with E-state index in [2.05, 4.69) is 29.6 Å². The molecule has 2 aromatic carbocycles. The van der Waals surface area contributed by atoms with Crippen LogP contribution in [-0.4, -0.2) is 10.8 Å². The fourth-order valence-electron chi connectivity index (χ4n) is 2.28. The van der Waals surface area contributed by atoms with Crippen LogP contribution in [0.3, 0.4) is 0 Å². The second-order valence-corrected chi connectivity index (χ2v) is 5.64. The highest BCUT2D eigenvalue weighted by molar-refractivity contribution is 5.91. The van der Waals surface area contributed by atoms with Crippen molar-refractivity contribution < 1.29 is 9.72 Å². The Morgan fingerprint density at radius 2 is 1.83 bits per heavy atom. The lowest BCUT2D eigenvalue weighted by atomic mass is 10.1. The lowest BCUT2D eigenvalue weighted by molar-refractivity contribution is -0.384. The molecule has 0 aliphatic heterocycles. The predicted octanol–water partition coefficient (Wildman–Crippen LogP) is 4.17. The Morgan fingerprint density at radius 1 is 1.13 bits per heavy atom. The van der Waals surface area contributed by atoms with Crippen LogP contribution in [0.2, 0.25) is 0 Å². The number of non-ortho nitro benzene ring substituents is 1. The number of anilines is 1. The van der Waals surface area contributed by atoms with E-state index in [-0.39, 0.29) is 11.6 Å². The van der Waals surface area contributed by atoms with Gasteiger partial charge in [-0.05, 0) is 37.8 Å². The molecule has 2 aromatic rings. The molecule has 0 aliphatic carbocycles. The van der Waals surface area contributed by atoms with E-state index in [1.54, 1.807) is 6.07 Å². The SMILES string of the molecule is Cc1ccc(CCCC(=O)Nc2cc([N+](=O)[O-])ccc2C)cc1. The van der Waals surface area contributed by atoms with Gasteiger partial charge >= 0.3 is 0 Å². The van der Waals surface area contributed by atoms with Crippen LogP contribution in [-0.2, 0) is 11.2 Å². The lowest BCUT2D eigenvalue weighted by Crippen LogP contribution is -2.12. The average Bonchev–Trinajstić information content (AvgIpc) is 2.51. The van der Waals surface area contributed by atoms with Crippen molar-refractivity contribution >= 4 is 17.3 Å².